The number of ether oxygens (including phenoxy) is 1. The van der Waals surface area contributed by atoms with Gasteiger partial charge in [-0.1, -0.05) is 36.9 Å². The molecule has 1 amide bonds. The molecule has 2 N–H and O–H groups in total. The molecule has 0 atom stereocenters. The van der Waals surface area contributed by atoms with Crippen LogP contribution in [0.5, 0.6) is 0 Å². The maximum atomic E-state index is 12.5. The van der Waals surface area contributed by atoms with E-state index in [2.05, 4.69) is 11.6 Å². The molecule has 0 radical (unpaired) electrons. The van der Waals surface area contributed by atoms with Gasteiger partial charge in [0.1, 0.15) is 0 Å². The van der Waals surface area contributed by atoms with Crippen LogP contribution < -0.4 is 5.73 Å². The van der Waals surface area contributed by atoms with Gasteiger partial charge in [-0.2, -0.15) is 0 Å². The number of rotatable bonds is 10. The molecule has 0 saturated heterocycles. The lowest BCUT2D eigenvalue weighted by molar-refractivity contribution is -0.140. The number of nitrogens with two attached hydrogens (primary N) is 1. The number of carbonyl (C=O) groups excluding carboxylic acids is 2. The Kier molecular flexibility index (Phi) is 9.00. The highest BCUT2D eigenvalue weighted by molar-refractivity contribution is 5.86. The van der Waals surface area contributed by atoms with E-state index in [0.29, 0.717) is 43.9 Å². The third kappa shape index (κ3) is 8.69. The Bertz CT molecular complexity index is 608. The third-order valence-electron chi connectivity index (χ3n) is 3.42. The predicted molar refractivity (Wildman–Crippen MR) is 99.0 cm³/mol. The summed E-state index contributed by atoms with van der Waals surface area (Å²) in [6, 6.07) is 9.78. The normalized spacial score (nSPS) is 11.0. The van der Waals surface area contributed by atoms with Crippen molar-refractivity contribution in [2.75, 3.05) is 19.7 Å². The maximum absolute atomic E-state index is 12.5. The molecular formula is C19H27N3O3. The number of benzene rings is 1. The first kappa shape index (κ1) is 20.4. The van der Waals surface area contributed by atoms with Crippen LogP contribution in [0.1, 0.15) is 32.3 Å². The summed E-state index contributed by atoms with van der Waals surface area (Å²) < 4.78 is 5.02. The molecule has 25 heavy (non-hydrogen) atoms. The summed E-state index contributed by atoms with van der Waals surface area (Å²) >= 11 is 0. The van der Waals surface area contributed by atoms with E-state index in [1.54, 1.807) is 18.7 Å². The van der Waals surface area contributed by atoms with Crippen molar-refractivity contribution in [3.05, 3.63) is 48.0 Å². The summed E-state index contributed by atoms with van der Waals surface area (Å²) in [6.45, 7) is 8.51. The van der Waals surface area contributed by atoms with Crippen LogP contribution in [-0.2, 0) is 20.9 Å². The highest BCUT2D eigenvalue weighted by Crippen LogP contribution is 2.08. The summed E-state index contributed by atoms with van der Waals surface area (Å²) in [5, 5.41) is 0. The van der Waals surface area contributed by atoms with E-state index in [-0.39, 0.29) is 12.5 Å². The van der Waals surface area contributed by atoms with Crippen molar-refractivity contribution in [1.82, 2.24) is 4.90 Å². The minimum Gasteiger partial charge on any atom is -0.462 e. The highest BCUT2D eigenvalue weighted by Gasteiger charge is 2.14. The zero-order valence-corrected chi connectivity index (χ0v) is 15.0. The minimum atomic E-state index is -0.429. The van der Waals surface area contributed by atoms with Crippen LogP contribution in [0.25, 0.3) is 0 Å². The van der Waals surface area contributed by atoms with Gasteiger partial charge >= 0.3 is 5.97 Å². The Morgan fingerprint density at radius 2 is 1.92 bits per heavy atom. The Morgan fingerprint density at radius 1 is 1.24 bits per heavy atom. The van der Waals surface area contributed by atoms with E-state index in [1.165, 1.54) is 0 Å². The number of amidine groups is 1. The van der Waals surface area contributed by atoms with Gasteiger partial charge in [-0.15, -0.1) is 0 Å². The fourth-order valence-corrected chi connectivity index (χ4v) is 2.11. The maximum Gasteiger partial charge on any atom is 0.333 e. The molecule has 0 aliphatic heterocycles. The van der Waals surface area contributed by atoms with E-state index in [9.17, 15) is 9.59 Å². The molecule has 0 aromatic heterocycles. The molecule has 1 aromatic carbocycles. The SMILES string of the molecule is C=C(C)C(=O)OCCCC(=O)N(CCN=C(C)N)Cc1ccccc1. The Balaban J connectivity index is 2.54. The molecule has 0 saturated carbocycles. The lowest BCUT2D eigenvalue weighted by Gasteiger charge is -2.22. The van der Waals surface area contributed by atoms with E-state index in [0.717, 1.165) is 5.56 Å². The molecule has 0 unspecified atom stereocenters. The number of esters is 1. The third-order valence-corrected chi connectivity index (χ3v) is 3.42. The number of hydrogen-bond donors (Lipinski definition) is 1. The van der Waals surface area contributed by atoms with Crippen molar-refractivity contribution in [3.63, 3.8) is 0 Å². The van der Waals surface area contributed by atoms with Gasteiger partial charge in [0.15, 0.2) is 0 Å². The first-order chi connectivity index (χ1) is 11.9. The molecule has 1 aromatic rings. The van der Waals surface area contributed by atoms with Gasteiger partial charge in [0.2, 0.25) is 5.91 Å². The monoisotopic (exact) mass is 345 g/mol. The summed E-state index contributed by atoms with van der Waals surface area (Å²) in [6.07, 6.45) is 0.782. The standard InChI is InChI=1S/C19H27N3O3/c1-15(2)19(24)25-13-7-10-18(23)22(12-11-21-16(3)20)14-17-8-5-4-6-9-17/h4-6,8-9H,1,7,10-14H2,2-3H3,(H2,20,21). The molecule has 1 rings (SSSR count). The second kappa shape index (κ2) is 11.0. The Labute approximate surface area is 149 Å². The van der Waals surface area contributed by atoms with Crippen LogP contribution in [0.2, 0.25) is 0 Å². The number of aliphatic imine (C=N–C) groups is 1. The first-order valence-electron chi connectivity index (χ1n) is 8.31. The second-order valence-corrected chi connectivity index (χ2v) is 5.84. The average Bonchev–Trinajstić information content (AvgIpc) is 2.57. The number of amides is 1. The van der Waals surface area contributed by atoms with Gasteiger partial charge in [-0.3, -0.25) is 9.79 Å². The first-order valence-corrected chi connectivity index (χ1v) is 8.31. The molecule has 0 heterocycles. The van der Waals surface area contributed by atoms with Crippen LogP contribution in [0.4, 0.5) is 0 Å². The predicted octanol–water partition coefficient (Wildman–Crippen LogP) is 2.29. The Hall–Kier alpha value is -2.63. The van der Waals surface area contributed by atoms with Crippen LogP contribution in [0.3, 0.4) is 0 Å². The van der Waals surface area contributed by atoms with Gasteiger partial charge in [0, 0.05) is 25.1 Å². The van der Waals surface area contributed by atoms with Crippen molar-refractivity contribution >= 4 is 17.7 Å². The minimum absolute atomic E-state index is 0.0000940. The van der Waals surface area contributed by atoms with Crippen molar-refractivity contribution in [1.29, 1.82) is 0 Å². The number of carbonyl (C=O) groups is 2. The quantitative estimate of drug-likeness (QED) is 0.232. The number of nitrogens with zero attached hydrogens (tertiary/aromatic N) is 2. The summed E-state index contributed by atoms with van der Waals surface area (Å²) in [5.41, 5.74) is 6.96. The second-order valence-electron chi connectivity index (χ2n) is 5.84. The largest absolute Gasteiger partial charge is 0.462 e. The molecule has 0 aliphatic rings. The molecule has 6 nitrogen and oxygen atoms in total. The molecule has 6 heteroatoms. The van der Waals surface area contributed by atoms with E-state index < -0.39 is 5.97 Å². The van der Waals surface area contributed by atoms with Crippen molar-refractivity contribution in [2.24, 2.45) is 10.7 Å². The van der Waals surface area contributed by atoms with Crippen molar-refractivity contribution < 1.29 is 14.3 Å². The van der Waals surface area contributed by atoms with Crippen LogP contribution in [-0.4, -0.2) is 42.3 Å². The highest BCUT2D eigenvalue weighted by atomic mass is 16.5. The fraction of sp³-hybridized carbons (Fsp3) is 0.421. The molecule has 0 bridgehead atoms. The van der Waals surface area contributed by atoms with Gasteiger partial charge in [0.25, 0.3) is 0 Å². The number of hydrogen-bond acceptors (Lipinski definition) is 4. The van der Waals surface area contributed by atoms with E-state index in [4.69, 9.17) is 10.5 Å². The van der Waals surface area contributed by atoms with Gasteiger partial charge in [0.05, 0.1) is 19.0 Å². The average molecular weight is 345 g/mol. The van der Waals surface area contributed by atoms with Crippen molar-refractivity contribution in [2.45, 2.75) is 33.2 Å². The smallest absolute Gasteiger partial charge is 0.333 e. The molecular weight excluding hydrogens is 318 g/mol. The van der Waals surface area contributed by atoms with Crippen LogP contribution in [0, 0.1) is 0 Å². The summed E-state index contributed by atoms with van der Waals surface area (Å²) in [4.78, 5) is 29.7. The van der Waals surface area contributed by atoms with Gasteiger partial charge < -0.3 is 15.4 Å². The topological polar surface area (TPSA) is 85.0 Å². The lowest BCUT2D eigenvalue weighted by atomic mass is 10.2. The summed E-state index contributed by atoms with van der Waals surface area (Å²) in [7, 11) is 0. The fourth-order valence-electron chi connectivity index (χ4n) is 2.11. The summed E-state index contributed by atoms with van der Waals surface area (Å²) in [5.74, 6) is 0.0697. The molecule has 0 fully saturated rings. The van der Waals surface area contributed by atoms with E-state index >= 15 is 0 Å². The lowest BCUT2D eigenvalue weighted by Crippen LogP contribution is -2.33. The van der Waals surface area contributed by atoms with Crippen LogP contribution in [0.15, 0.2) is 47.5 Å². The zero-order valence-electron chi connectivity index (χ0n) is 15.0. The van der Waals surface area contributed by atoms with Gasteiger partial charge in [-0.05, 0) is 25.8 Å². The molecule has 0 aliphatic carbocycles. The van der Waals surface area contributed by atoms with E-state index in [1.807, 2.05) is 30.3 Å². The van der Waals surface area contributed by atoms with Gasteiger partial charge in [-0.25, -0.2) is 4.79 Å². The molecule has 0 spiro atoms. The zero-order chi connectivity index (χ0) is 18.7. The molecule has 136 valence electrons. The van der Waals surface area contributed by atoms with Crippen molar-refractivity contribution in [3.8, 4) is 0 Å². The van der Waals surface area contributed by atoms with Crippen LogP contribution >= 0.6 is 0 Å². The Morgan fingerprint density at radius 3 is 2.52 bits per heavy atom.